The highest BCUT2D eigenvalue weighted by molar-refractivity contribution is 5.69. The van der Waals surface area contributed by atoms with Crippen molar-refractivity contribution in [3.8, 4) is 0 Å². The number of aryl methyl sites for hydroxylation is 1. The number of aliphatic carboxylic acids is 1. The van der Waals surface area contributed by atoms with Crippen LogP contribution in [-0.4, -0.2) is 28.8 Å². The Hall–Kier alpha value is -1.39. The van der Waals surface area contributed by atoms with Gasteiger partial charge in [0.25, 0.3) is 0 Å². The van der Waals surface area contributed by atoms with E-state index in [0.29, 0.717) is 0 Å². The Labute approximate surface area is 108 Å². The van der Waals surface area contributed by atoms with Crippen molar-refractivity contribution in [1.29, 1.82) is 0 Å². The Kier molecular flexibility index (Phi) is 5.31. The van der Waals surface area contributed by atoms with Gasteiger partial charge in [-0.2, -0.15) is 0 Å². The largest absolute Gasteiger partial charge is 0.480 e. The molecule has 18 heavy (non-hydrogen) atoms. The maximum atomic E-state index is 10.6. The molecule has 1 aromatic rings. The van der Waals surface area contributed by atoms with Gasteiger partial charge in [-0.1, -0.05) is 43.7 Å². The van der Waals surface area contributed by atoms with Gasteiger partial charge < -0.3 is 15.5 Å². The summed E-state index contributed by atoms with van der Waals surface area (Å²) in [5.41, 5.74) is 1.93. The minimum Gasteiger partial charge on any atom is -0.480 e. The van der Waals surface area contributed by atoms with Crippen LogP contribution in [0.3, 0.4) is 0 Å². The fourth-order valence-corrected chi connectivity index (χ4v) is 1.89. The van der Waals surface area contributed by atoms with E-state index in [9.17, 15) is 9.90 Å². The van der Waals surface area contributed by atoms with Gasteiger partial charge in [-0.05, 0) is 18.4 Å². The molecule has 0 amide bonds. The molecule has 1 aromatic carbocycles. The number of carbonyl (C=O) groups is 1. The number of aliphatic hydroxyl groups is 1. The van der Waals surface area contributed by atoms with Crippen molar-refractivity contribution in [3.63, 3.8) is 0 Å². The SMILES string of the molecule is Cc1ccc(C(O)C(NCC(=O)O)C(C)C)cc1. The Balaban J connectivity index is 2.78. The molecule has 100 valence electrons. The van der Waals surface area contributed by atoms with E-state index < -0.39 is 12.1 Å². The lowest BCUT2D eigenvalue weighted by molar-refractivity contribution is -0.136. The summed E-state index contributed by atoms with van der Waals surface area (Å²) in [5, 5.41) is 21.9. The normalized spacial score (nSPS) is 14.5. The van der Waals surface area contributed by atoms with E-state index in [2.05, 4.69) is 5.32 Å². The van der Waals surface area contributed by atoms with Crippen molar-refractivity contribution in [1.82, 2.24) is 5.32 Å². The van der Waals surface area contributed by atoms with Gasteiger partial charge >= 0.3 is 5.97 Å². The molecule has 0 radical (unpaired) electrons. The molecule has 0 aliphatic carbocycles. The molecule has 0 aliphatic rings. The molecule has 0 fully saturated rings. The van der Waals surface area contributed by atoms with Gasteiger partial charge in [-0.25, -0.2) is 0 Å². The number of benzene rings is 1. The maximum absolute atomic E-state index is 10.6. The van der Waals surface area contributed by atoms with Crippen molar-refractivity contribution < 1.29 is 15.0 Å². The van der Waals surface area contributed by atoms with Crippen LogP contribution in [0.25, 0.3) is 0 Å². The fourth-order valence-electron chi connectivity index (χ4n) is 1.89. The van der Waals surface area contributed by atoms with Crippen LogP contribution in [0.2, 0.25) is 0 Å². The van der Waals surface area contributed by atoms with Crippen LogP contribution in [0.5, 0.6) is 0 Å². The molecule has 3 N–H and O–H groups in total. The third-order valence-corrected chi connectivity index (χ3v) is 2.97. The monoisotopic (exact) mass is 251 g/mol. The fraction of sp³-hybridized carbons (Fsp3) is 0.500. The summed E-state index contributed by atoms with van der Waals surface area (Å²) in [6.45, 7) is 5.75. The number of hydrogen-bond acceptors (Lipinski definition) is 3. The van der Waals surface area contributed by atoms with E-state index in [-0.39, 0.29) is 18.5 Å². The molecule has 4 heteroatoms. The smallest absolute Gasteiger partial charge is 0.317 e. The highest BCUT2D eigenvalue weighted by atomic mass is 16.4. The van der Waals surface area contributed by atoms with Crippen LogP contribution in [0.1, 0.15) is 31.1 Å². The molecule has 1 rings (SSSR count). The Morgan fingerprint density at radius 3 is 2.28 bits per heavy atom. The molecule has 0 saturated carbocycles. The number of carboxylic acids is 1. The predicted molar refractivity (Wildman–Crippen MR) is 70.4 cm³/mol. The van der Waals surface area contributed by atoms with Gasteiger partial charge in [0.15, 0.2) is 0 Å². The summed E-state index contributed by atoms with van der Waals surface area (Å²) in [6.07, 6.45) is -0.704. The van der Waals surface area contributed by atoms with Crippen molar-refractivity contribution in [2.24, 2.45) is 5.92 Å². The molecular weight excluding hydrogens is 230 g/mol. The standard InChI is InChI=1S/C14H21NO3/c1-9(2)13(15-8-12(16)17)14(18)11-6-4-10(3)5-7-11/h4-7,9,13-15,18H,8H2,1-3H3,(H,16,17). The predicted octanol–water partition coefficient (Wildman–Crippen LogP) is 1.73. The van der Waals surface area contributed by atoms with Gasteiger partial charge in [-0.15, -0.1) is 0 Å². The maximum Gasteiger partial charge on any atom is 0.317 e. The van der Waals surface area contributed by atoms with Crippen LogP contribution < -0.4 is 5.32 Å². The molecule has 0 spiro atoms. The minimum absolute atomic E-state index is 0.139. The zero-order valence-electron chi connectivity index (χ0n) is 11.1. The Morgan fingerprint density at radius 1 is 1.28 bits per heavy atom. The van der Waals surface area contributed by atoms with Crippen LogP contribution in [0, 0.1) is 12.8 Å². The molecule has 4 nitrogen and oxygen atoms in total. The summed E-state index contributed by atoms with van der Waals surface area (Å²) in [4.78, 5) is 10.6. The van der Waals surface area contributed by atoms with Crippen molar-refractivity contribution in [2.45, 2.75) is 32.9 Å². The van der Waals surface area contributed by atoms with Crippen LogP contribution in [-0.2, 0) is 4.79 Å². The minimum atomic E-state index is -0.920. The van der Waals surface area contributed by atoms with E-state index >= 15 is 0 Å². The topological polar surface area (TPSA) is 69.6 Å². The zero-order valence-corrected chi connectivity index (χ0v) is 11.1. The van der Waals surface area contributed by atoms with E-state index in [0.717, 1.165) is 11.1 Å². The third kappa shape index (κ3) is 4.13. The molecule has 2 unspecified atom stereocenters. The Morgan fingerprint density at radius 2 is 1.83 bits per heavy atom. The van der Waals surface area contributed by atoms with Crippen LogP contribution in [0.4, 0.5) is 0 Å². The average Bonchev–Trinajstić information content (AvgIpc) is 2.29. The van der Waals surface area contributed by atoms with Gasteiger partial charge in [0, 0.05) is 6.04 Å². The highest BCUT2D eigenvalue weighted by Crippen LogP contribution is 2.22. The van der Waals surface area contributed by atoms with Crippen molar-refractivity contribution in [2.75, 3.05) is 6.54 Å². The van der Waals surface area contributed by atoms with Gasteiger partial charge in [0.05, 0.1) is 12.6 Å². The molecule has 2 atom stereocenters. The molecule has 0 aromatic heterocycles. The second kappa shape index (κ2) is 6.52. The van der Waals surface area contributed by atoms with Crippen molar-refractivity contribution in [3.05, 3.63) is 35.4 Å². The third-order valence-electron chi connectivity index (χ3n) is 2.97. The molecule has 0 bridgehead atoms. The summed E-state index contributed by atoms with van der Waals surface area (Å²) in [5.74, 6) is -0.780. The highest BCUT2D eigenvalue weighted by Gasteiger charge is 2.24. The van der Waals surface area contributed by atoms with Gasteiger partial charge in [-0.3, -0.25) is 4.79 Å². The average molecular weight is 251 g/mol. The number of carboxylic acid groups (broad SMARTS) is 1. The molecule has 0 heterocycles. The summed E-state index contributed by atoms with van der Waals surface area (Å²) in [7, 11) is 0. The number of aliphatic hydroxyl groups excluding tert-OH is 1. The number of hydrogen-bond donors (Lipinski definition) is 3. The summed E-state index contributed by atoms with van der Waals surface area (Å²) in [6, 6.07) is 7.35. The second-order valence-corrected chi connectivity index (χ2v) is 4.90. The molecule has 0 aliphatic heterocycles. The van der Waals surface area contributed by atoms with E-state index in [4.69, 9.17) is 5.11 Å². The lowest BCUT2D eigenvalue weighted by atomic mass is 9.93. The van der Waals surface area contributed by atoms with Gasteiger partial charge in [0.2, 0.25) is 0 Å². The van der Waals surface area contributed by atoms with Crippen molar-refractivity contribution >= 4 is 5.97 Å². The van der Waals surface area contributed by atoms with E-state index in [1.807, 2.05) is 45.0 Å². The first-order valence-electron chi connectivity index (χ1n) is 6.11. The summed E-state index contributed by atoms with van der Waals surface area (Å²) >= 11 is 0. The zero-order chi connectivity index (χ0) is 13.7. The van der Waals surface area contributed by atoms with E-state index in [1.165, 1.54) is 0 Å². The van der Waals surface area contributed by atoms with Gasteiger partial charge in [0.1, 0.15) is 0 Å². The molecule has 0 saturated heterocycles. The Bertz CT molecular complexity index is 387. The first-order valence-corrected chi connectivity index (χ1v) is 6.11. The lowest BCUT2D eigenvalue weighted by Crippen LogP contribution is -2.41. The number of rotatable bonds is 6. The lowest BCUT2D eigenvalue weighted by Gasteiger charge is -2.27. The summed E-state index contributed by atoms with van der Waals surface area (Å²) < 4.78 is 0. The second-order valence-electron chi connectivity index (χ2n) is 4.90. The molecular formula is C14H21NO3. The first-order chi connectivity index (χ1) is 8.41. The van der Waals surface area contributed by atoms with Crippen LogP contribution >= 0.6 is 0 Å². The van der Waals surface area contributed by atoms with E-state index in [1.54, 1.807) is 0 Å². The van der Waals surface area contributed by atoms with Crippen LogP contribution in [0.15, 0.2) is 24.3 Å². The quantitative estimate of drug-likeness (QED) is 0.720. The first kappa shape index (κ1) is 14.7. The number of nitrogens with one attached hydrogen (secondary N) is 1.